The Morgan fingerprint density at radius 2 is 2.14 bits per heavy atom. The molecule has 110 valence electrons. The number of hydrogen-bond acceptors (Lipinski definition) is 4. The molecular weight excluding hydrogens is 268 g/mol. The fourth-order valence-corrected chi connectivity index (χ4v) is 2.31. The van der Waals surface area contributed by atoms with Crippen LogP contribution in [0, 0.1) is 5.92 Å². The maximum Gasteiger partial charge on any atom is 0.253 e. The first-order valence-corrected chi connectivity index (χ1v) is 7.04. The Morgan fingerprint density at radius 1 is 1.43 bits per heavy atom. The predicted molar refractivity (Wildman–Crippen MR) is 77.1 cm³/mol. The van der Waals surface area contributed by atoms with Gasteiger partial charge in [-0.05, 0) is 43.0 Å². The van der Waals surface area contributed by atoms with E-state index >= 15 is 0 Å². The van der Waals surface area contributed by atoms with Crippen LogP contribution in [0.3, 0.4) is 0 Å². The number of aromatic nitrogens is 3. The number of rotatable bonds is 5. The zero-order valence-corrected chi connectivity index (χ0v) is 11.9. The first-order chi connectivity index (χ1) is 10.1. The number of nitrogens with zero attached hydrogens (tertiary/aromatic N) is 4. The van der Waals surface area contributed by atoms with E-state index in [9.17, 15) is 9.90 Å². The molecule has 21 heavy (non-hydrogen) atoms. The van der Waals surface area contributed by atoms with Gasteiger partial charge in [-0.3, -0.25) is 4.79 Å². The highest BCUT2D eigenvalue weighted by Gasteiger charge is 2.31. The zero-order valence-electron chi connectivity index (χ0n) is 11.9. The van der Waals surface area contributed by atoms with E-state index in [1.165, 1.54) is 6.33 Å². The number of amides is 1. The standard InChI is InChI=1S/C15H18N4O2/c1-18(8-14(20)11-2-3-11)15(21)12-4-6-13(7-5-12)19-10-16-9-17-19/h4-7,9-11,14,20H,2-3,8H2,1H3. The van der Waals surface area contributed by atoms with Gasteiger partial charge in [0.25, 0.3) is 5.91 Å². The zero-order chi connectivity index (χ0) is 14.8. The summed E-state index contributed by atoms with van der Waals surface area (Å²) in [7, 11) is 1.72. The third-order valence-corrected chi connectivity index (χ3v) is 3.77. The molecule has 1 aromatic carbocycles. The lowest BCUT2D eigenvalue weighted by molar-refractivity contribution is 0.0645. The molecule has 1 heterocycles. The van der Waals surface area contributed by atoms with Crippen molar-refractivity contribution in [2.45, 2.75) is 18.9 Å². The minimum atomic E-state index is -0.409. The number of hydrogen-bond donors (Lipinski definition) is 1. The third kappa shape index (κ3) is 3.11. The molecule has 1 amide bonds. The fourth-order valence-electron chi connectivity index (χ4n) is 2.31. The highest BCUT2D eigenvalue weighted by Crippen LogP contribution is 2.32. The molecule has 1 aromatic heterocycles. The second-order valence-electron chi connectivity index (χ2n) is 5.48. The number of likely N-dealkylation sites (N-methyl/N-ethyl adjacent to an activating group) is 1. The molecular formula is C15H18N4O2. The minimum absolute atomic E-state index is 0.0835. The van der Waals surface area contributed by atoms with Crippen molar-refractivity contribution >= 4 is 5.91 Å². The lowest BCUT2D eigenvalue weighted by atomic mass is 10.1. The normalized spacial score (nSPS) is 15.7. The van der Waals surface area contributed by atoms with Gasteiger partial charge in [0.2, 0.25) is 0 Å². The van der Waals surface area contributed by atoms with Crippen molar-refractivity contribution in [2.75, 3.05) is 13.6 Å². The molecule has 0 saturated heterocycles. The average Bonchev–Trinajstić information content (AvgIpc) is 3.22. The Balaban J connectivity index is 1.66. The molecule has 2 aromatic rings. The van der Waals surface area contributed by atoms with E-state index in [1.807, 2.05) is 12.1 Å². The van der Waals surface area contributed by atoms with Gasteiger partial charge in [-0.2, -0.15) is 5.10 Å². The molecule has 0 radical (unpaired) electrons. The lowest BCUT2D eigenvalue weighted by Gasteiger charge is -2.20. The van der Waals surface area contributed by atoms with E-state index in [4.69, 9.17) is 0 Å². The van der Waals surface area contributed by atoms with Crippen molar-refractivity contribution in [3.8, 4) is 5.69 Å². The van der Waals surface area contributed by atoms with E-state index in [-0.39, 0.29) is 5.91 Å². The van der Waals surface area contributed by atoms with Crippen molar-refractivity contribution in [1.29, 1.82) is 0 Å². The van der Waals surface area contributed by atoms with Gasteiger partial charge in [0.1, 0.15) is 12.7 Å². The summed E-state index contributed by atoms with van der Waals surface area (Å²) in [6.07, 6.45) is 4.79. The van der Waals surface area contributed by atoms with E-state index < -0.39 is 6.10 Å². The van der Waals surface area contributed by atoms with Gasteiger partial charge in [-0.25, -0.2) is 9.67 Å². The predicted octanol–water partition coefficient (Wildman–Crippen LogP) is 1.11. The maximum absolute atomic E-state index is 12.3. The maximum atomic E-state index is 12.3. The van der Waals surface area contributed by atoms with E-state index in [0.717, 1.165) is 18.5 Å². The number of carbonyl (C=O) groups excluding carboxylic acids is 1. The van der Waals surface area contributed by atoms with Crippen LogP contribution in [0.25, 0.3) is 5.69 Å². The summed E-state index contributed by atoms with van der Waals surface area (Å²) in [4.78, 5) is 17.8. The fraction of sp³-hybridized carbons (Fsp3) is 0.400. The monoisotopic (exact) mass is 286 g/mol. The molecule has 1 saturated carbocycles. The van der Waals surface area contributed by atoms with Crippen molar-refractivity contribution < 1.29 is 9.90 Å². The van der Waals surface area contributed by atoms with Gasteiger partial charge in [0.15, 0.2) is 0 Å². The summed E-state index contributed by atoms with van der Waals surface area (Å²) in [6, 6.07) is 7.18. The molecule has 0 spiro atoms. The number of aliphatic hydroxyl groups excluding tert-OH is 1. The van der Waals surface area contributed by atoms with Crippen molar-refractivity contribution in [2.24, 2.45) is 5.92 Å². The summed E-state index contributed by atoms with van der Waals surface area (Å²) in [5.74, 6) is 0.287. The van der Waals surface area contributed by atoms with Crippen LogP contribution in [0.4, 0.5) is 0 Å². The Morgan fingerprint density at radius 3 is 2.71 bits per heavy atom. The Bertz CT molecular complexity index is 605. The summed E-state index contributed by atoms with van der Waals surface area (Å²) >= 11 is 0. The highest BCUT2D eigenvalue weighted by atomic mass is 16.3. The van der Waals surface area contributed by atoms with E-state index in [1.54, 1.807) is 35.1 Å². The van der Waals surface area contributed by atoms with E-state index in [0.29, 0.717) is 18.0 Å². The van der Waals surface area contributed by atoms with Crippen LogP contribution in [0.5, 0.6) is 0 Å². The van der Waals surface area contributed by atoms with Crippen LogP contribution in [0.2, 0.25) is 0 Å². The molecule has 1 N–H and O–H groups in total. The van der Waals surface area contributed by atoms with Gasteiger partial charge in [-0.15, -0.1) is 0 Å². The van der Waals surface area contributed by atoms with Crippen LogP contribution in [-0.2, 0) is 0 Å². The second kappa shape index (κ2) is 5.65. The Kier molecular flexibility index (Phi) is 3.70. The third-order valence-electron chi connectivity index (χ3n) is 3.77. The topological polar surface area (TPSA) is 71.2 Å². The number of benzene rings is 1. The average molecular weight is 286 g/mol. The van der Waals surface area contributed by atoms with Gasteiger partial charge >= 0.3 is 0 Å². The van der Waals surface area contributed by atoms with Crippen LogP contribution in [-0.4, -0.2) is 50.4 Å². The number of carbonyl (C=O) groups is 1. The summed E-state index contributed by atoms with van der Waals surface area (Å²) in [6.45, 7) is 0.383. The number of aliphatic hydroxyl groups is 1. The first-order valence-electron chi connectivity index (χ1n) is 7.04. The summed E-state index contributed by atoms with van der Waals surface area (Å²) in [5, 5.41) is 14.0. The quantitative estimate of drug-likeness (QED) is 0.894. The lowest BCUT2D eigenvalue weighted by Crippen LogP contribution is -2.35. The second-order valence-corrected chi connectivity index (χ2v) is 5.48. The summed E-state index contributed by atoms with van der Waals surface area (Å²) < 4.78 is 1.63. The van der Waals surface area contributed by atoms with Crippen LogP contribution < -0.4 is 0 Å². The molecule has 0 aliphatic heterocycles. The van der Waals surface area contributed by atoms with Crippen molar-refractivity contribution in [3.63, 3.8) is 0 Å². The minimum Gasteiger partial charge on any atom is -0.391 e. The molecule has 1 fully saturated rings. The molecule has 6 heteroatoms. The smallest absolute Gasteiger partial charge is 0.253 e. The first kappa shape index (κ1) is 13.8. The van der Waals surface area contributed by atoms with Gasteiger partial charge in [0.05, 0.1) is 11.8 Å². The molecule has 1 aliphatic carbocycles. The molecule has 1 aliphatic rings. The SMILES string of the molecule is CN(CC(O)C1CC1)C(=O)c1ccc(-n2cncn2)cc1. The Labute approximate surface area is 123 Å². The van der Waals surface area contributed by atoms with Crippen molar-refractivity contribution in [3.05, 3.63) is 42.5 Å². The Hall–Kier alpha value is -2.21. The molecule has 1 unspecified atom stereocenters. The van der Waals surface area contributed by atoms with Gasteiger partial charge in [0, 0.05) is 19.2 Å². The van der Waals surface area contributed by atoms with Gasteiger partial charge in [-0.1, -0.05) is 0 Å². The van der Waals surface area contributed by atoms with Crippen LogP contribution in [0.1, 0.15) is 23.2 Å². The van der Waals surface area contributed by atoms with Crippen LogP contribution in [0.15, 0.2) is 36.9 Å². The molecule has 6 nitrogen and oxygen atoms in total. The van der Waals surface area contributed by atoms with Crippen molar-refractivity contribution in [1.82, 2.24) is 19.7 Å². The van der Waals surface area contributed by atoms with Gasteiger partial charge < -0.3 is 10.0 Å². The largest absolute Gasteiger partial charge is 0.391 e. The molecule has 3 rings (SSSR count). The van der Waals surface area contributed by atoms with E-state index in [2.05, 4.69) is 10.1 Å². The molecule has 1 atom stereocenters. The van der Waals surface area contributed by atoms with Crippen LogP contribution >= 0.6 is 0 Å². The summed E-state index contributed by atoms with van der Waals surface area (Å²) in [5.41, 5.74) is 1.45. The highest BCUT2D eigenvalue weighted by molar-refractivity contribution is 5.94. The molecule has 0 bridgehead atoms.